The number of carboxylic acid groups (broad SMARTS) is 1. The summed E-state index contributed by atoms with van der Waals surface area (Å²) < 4.78 is 0. The fourth-order valence-electron chi connectivity index (χ4n) is 1.33. The van der Waals surface area contributed by atoms with Gasteiger partial charge in [0, 0.05) is 11.3 Å². The first kappa shape index (κ1) is 7.79. The topological polar surface area (TPSA) is 66.4 Å². The van der Waals surface area contributed by atoms with Crippen LogP contribution in [0, 0.1) is 0 Å². The van der Waals surface area contributed by atoms with E-state index in [0.717, 1.165) is 5.69 Å². The predicted octanol–water partition coefficient (Wildman–Crippen LogP) is 0.993. The molecule has 1 aromatic rings. The maximum Gasteiger partial charge on any atom is 0.335 e. The average Bonchev–Trinajstić information content (AvgIpc) is 2.47. The second-order valence-corrected chi connectivity index (χ2v) is 2.84. The van der Waals surface area contributed by atoms with Gasteiger partial charge in [0.2, 0.25) is 0 Å². The molecule has 4 heteroatoms. The molecule has 0 radical (unpaired) electrons. The third-order valence-corrected chi connectivity index (χ3v) is 2.01. The van der Waals surface area contributed by atoms with Crippen LogP contribution in [-0.4, -0.2) is 23.4 Å². The molecule has 0 fully saturated rings. The number of rotatable bonds is 1. The fraction of sp³-hybridized carbons (Fsp3) is 0.111. The van der Waals surface area contributed by atoms with E-state index in [-0.39, 0.29) is 17.9 Å². The third-order valence-electron chi connectivity index (χ3n) is 2.01. The minimum Gasteiger partial charge on any atom is -0.478 e. The molecule has 0 atom stereocenters. The van der Waals surface area contributed by atoms with Gasteiger partial charge in [0.05, 0.1) is 12.1 Å². The van der Waals surface area contributed by atoms with Crippen molar-refractivity contribution in [1.29, 1.82) is 0 Å². The summed E-state index contributed by atoms with van der Waals surface area (Å²) in [6, 6.07) is 4.50. The van der Waals surface area contributed by atoms with Crippen LogP contribution in [0.1, 0.15) is 20.7 Å². The van der Waals surface area contributed by atoms with E-state index in [1.165, 1.54) is 12.1 Å². The monoisotopic (exact) mass is 177 g/mol. The molecule has 1 aliphatic heterocycles. The van der Waals surface area contributed by atoms with E-state index in [0.29, 0.717) is 5.56 Å². The van der Waals surface area contributed by atoms with Crippen LogP contribution in [0.25, 0.3) is 0 Å². The molecule has 66 valence electrons. The smallest absolute Gasteiger partial charge is 0.335 e. The number of fused-ring (bicyclic) bond motifs is 1. The lowest BCUT2D eigenvalue weighted by Crippen LogP contribution is -2.01. The Morgan fingerprint density at radius 2 is 2.23 bits per heavy atom. The lowest BCUT2D eigenvalue weighted by molar-refractivity contribution is 0.0697. The van der Waals surface area contributed by atoms with Gasteiger partial charge in [-0.3, -0.25) is 4.79 Å². The first-order valence-corrected chi connectivity index (χ1v) is 3.83. The van der Waals surface area contributed by atoms with Crippen LogP contribution in [0.4, 0.5) is 5.69 Å². The van der Waals surface area contributed by atoms with Crippen molar-refractivity contribution in [1.82, 2.24) is 0 Å². The molecule has 1 aliphatic rings. The first-order chi connectivity index (χ1) is 6.18. The molecule has 2 N–H and O–H groups in total. The van der Waals surface area contributed by atoms with Gasteiger partial charge in [0.25, 0.3) is 0 Å². The van der Waals surface area contributed by atoms with Crippen molar-refractivity contribution in [3.05, 3.63) is 29.3 Å². The van der Waals surface area contributed by atoms with Gasteiger partial charge in [-0.2, -0.15) is 0 Å². The van der Waals surface area contributed by atoms with Crippen LogP contribution in [0.3, 0.4) is 0 Å². The van der Waals surface area contributed by atoms with Gasteiger partial charge in [-0.15, -0.1) is 0 Å². The third kappa shape index (κ3) is 1.16. The second kappa shape index (κ2) is 2.58. The normalized spacial score (nSPS) is 13.7. The Labute approximate surface area is 74.2 Å². The van der Waals surface area contributed by atoms with Crippen LogP contribution in [0.2, 0.25) is 0 Å². The highest BCUT2D eigenvalue weighted by molar-refractivity contribution is 6.09. The van der Waals surface area contributed by atoms with Crippen molar-refractivity contribution in [2.24, 2.45) is 0 Å². The number of benzene rings is 1. The molecular formula is C9H7NO3. The van der Waals surface area contributed by atoms with Gasteiger partial charge >= 0.3 is 5.97 Å². The van der Waals surface area contributed by atoms with Crippen LogP contribution in [0.5, 0.6) is 0 Å². The molecule has 1 heterocycles. The minimum absolute atomic E-state index is 0.0573. The number of hydrogen-bond donors (Lipinski definition) is 2. The lowest BCUT2D eigenvalue weighted by Gasteiger charge is -1.98. The van der Waals surface area contributed by atoms with Gasteiger partial charge in [0.15, 0.2) is 5.78 Å². The molecule has 0 unspecified atom stereocenters. The van der Waals surface area contributed by atoms with Crippen molar-refractivity contribution in [3.8, 4) is 0 Å². The highest BCUT2D eigenvalue weighted by atomic mass is 16.4. The van der Waals surface area contributed by atoms with E-state index in [1.54, 1.807) is 6.07 Å². The van der Waals surface area contributed by atoms with Crippen molar-refractivity contribution >= 4 is 17.4 Å². The maximum atomic E-state index is 11.2. The van der Waals surface area contributed by atoms with Crippen molar-refractivity contribution in [3.63, 3.8) is 0 Å². The summed E-state index contributed by atoms with van der Waals surface area (Å²) in [5.74, 6) is -1.07. The molecule has 0 saturated heterocycles. The lowest BCUT2D eigenvalue weighted by atomic mass is 10.1. The Morgan fingerprint density at radius 1 is 1.46 bits per heavy atom. The molecule has 0 aromatic heterocycles. The molecule has 4 nitrogen and oxygen atoms in total. The fourth-order valence-corrected chi connectivity index (χ4v) is 1.33. The minimum atomic E-state index is -1.01. The zero-order chi connectivity index (χ0) is 9.42. The van der Waals surface area contributed by atoms with Crippen molar-refractivity contribution in [2.45, 2.75) is 0 Å². The molecule has 0 spiro atoms. The Morgan fingerprint density at radius 3 is 2.92 bits per heavy atom. The summed E-state index contributed by atoms with van der Waals surface area (Å²) in [4.78, 5) is 21.8. The number of carbonyl (C=O) groups excluding carboxylic acids is 1. The number of ketones is 1. The first-order valence-electron chi connectivity index (χ1n) is 3.83. The van der Waals surface area contributed by atoms with Crippen LogP contribution in [-0.2, 0) is 0 Å². The summed E-state index contributed by atoms with van der Waals surface area (Å²) in [5, 5.41) is 11.5. The van der Waals surface area contributed by atoms with Crippen molar-refractivity contribution < 1.29 is 14.7 Å². The second-order valence-electron chi connectivity index (χ2n) is 2.84. The molecule has 0 aliphatic carbocycles. The SMILES string of the molecule is O=C(O)c1ccc2c(c1)C(=O)CN2. The molecule has 13 heavy (non-hydrogen) atoms. The van der Waals surface area contributed by atoms with E-state index in [2.05, 4.69) is 5.32 Å². The Hall–Kier alpha value is -1.84. The summed E-state index contributed by atoms with van der Waals surface area (Å²) in [5.41, 5.74) is 1.34. The summed E-state index contributed by atoms with van der Waals surface area (Å²) >= 11 is 0. The van der Waals surface area contributed by atoms with Gasteiger partial charge in [0.1, 0.15) is 0 Å². The summed E-state index contributed by atoms with van der Waals surface area (Å²) in [7, 11) is 0. The largest absolute Gasteiger partial charge is 0.478 e. The van der Waals surface area contributed by atoms with Gasteiger partial charge in [-0.25, -0.2) is 4.79 Å². The number of hydrogen-bond acceptors (Lipinski definition) is 3. The van der Waals surface area contributed by atoms with E-state index < -0.39 is 5.97 Å². The number of anilines is 1. The Balaban J connectivity index is 2.54. The van der Waals surface area contributed by atoms with Crippen LogP contribution < -0.4 is 5.32 Å². The zero-order valence-electron chi connectivity index (χ0n) is 6.70. The van der Waals surface area contributed by atoms with Gasteiger partial charge in [-0.05, 0) is 18.2 Å². The highest BCUT2D eigenvalue weighted by Gasteiger charge is 2.19. The highest BCUT2D eigenvalue weighted by Crippen LogP contribution is 2.22. The number of Topliss-reactive ketones (excluding diaryl/α,β-unsaturated/α-hetero) is 1. The van der Waals surface area contributed by atoms with E-state index in [9.17, 15) is 9.59 Å². The van der Waals surface area contributed by atoms with Crippen LogP contribution >= 0.6 is 0 Å². The molecule has 1 aromatic carbocycles. The molecular weight excluding hydrogens is 170 g/mol. The van der Waals surface area contributed by atoms with Crippen LogP contribution in [0.15, 0.2) is 18.2 Å². The quantitative estimate of drug-likeness (QED) is 0.671. The van der Waals surface area contributed by atoms with Crippen molar-refractivity contribution in [2.75, 3.05) is 11.9 Å². The number of carbonyl (C=O) groups is 2. The molecule has 0 saturated carbocycles. The molecule has 0 bridgehead atoms. The van der Waals surface area contributed by atoms with E-state index in [1.807, 2.05) is 0 Å². The van der Waals surface area contributed by atoms with E-state index >= 15 is 0 Å². The Bertz CT molecular complexity index is 398. The van der Waals surface area contributed by atoms with Gasteiger partial charge < -0.3 is 10.4 Å². The predicted molar refractivity (Wildman–Crippen MR) is 46.2 cm³/mol. The average molecular weight is 177 g/mol. The number of carboxylic acids is 1. The number of nitrogens with one attached hydrogen (secondary N) is 1. The Kier molecular flexibility index (Phi) is 1.55. The van der Waals surface area contributed by atoms with Gasteiger partial charge in [-0.1, -0.05) is 0 Å². The standard InChI is InChI=1S/C9H7NO3/c11-8-4-10-7-2-1-5(9(12)13)3-6(7)8/h1-3,10H,4H2,(H,12,13). The summed E-state index contributed by atoms with van der Waals surface area (Å²) in [6.07, 6.45) is 0. The summed E-state index contributed by atoms with van der Waals surface area (Å²) in [6.45, 7) is 0.262. The number of aromatic carboxylic acids is 1. The van der Waals surface area contributed by atoms with E-state index in [4.69, 9.17) is 5.11 Å². The maximum absolute atomic E-state index is 11.2. The molecule has 2 rings (SSSR count). The molecule has 0 amide bonds. The zero-order valence-corrected chi connectivity index (χ0v) is 6.70.